The first kappa shape index (κ1) is 14.1. The molecule has 1 aromatic rings. The number of nitro groups is 1. The van der Waals surface area contributed by atoms with Gasteiger partial charge in [0.05, 0.1) is 9.95 Å². The molecule has 0 radical (unpaired) electrons. The van der Waals surface area contributed by atoms with Crippen molar-refractivity contribution in [2.75, 3.05) is 5.75 Å². The van der Waals surface area contributed by atoms with Crippen LogP contribution in [0.2, 0.25) is 10.0 Å². The van der Waals surface area contributed by atoms with Crippen molar-refractivity contribution in [1.82, 2.24) is 0 Å². The van der Waals surface area contributed by atoms with E-state index in [9.17, 15) is 10.1 Å². The summed E-state index contributed by atoms with van der Waals surface area (Å²) in [6.07, 6.45) is 0.962. The molecule has 1 aromatic carbocycles. The summed E-state index contributed by atoms with van der Waals surface area (Å²) in [6, 6.07) is 1.41. The van der Waals surface area contributed by atoms with Crippen molar-refractivity contribution in [2.45, 2.75) is 18.2 Å². The third kappa shape index (κ3) is 3.03. The molecule has 0 unspecified atom stereocenters. The third-order valence-electron chi connectivity index (χ3n) is 1.74. The van der Waals surface area contributed by atoms with Crippen LogP contribution in [0.15, 0.2) is 15.4 Å². The molecule has 0 saturated heterocycles. The predicted octanol–water partition coefficient (Wildman–Crippen LogP) is 5.17. The second-order valence-corrected chi connectivity index (χ2v) is 5.65. The second kappa shape index (κ2) is 6.10. The van der Waals surface area contributed by atoms with Crippen LogP contribution in [-0.2, 0) is 0 Å². The van der Waals surface area contributed by atoms with Crippen LogP contribution in [0, 0.1) is 10.1 Å². The maximum Gasteiger partial charge on any atom is 0.303 e. The molecule has 3 nitrogen and oxygen atoms in total. The first-order valence-corrected chi connectivity index (χ1v) is 6.97. The lowest BCUT2D eigenvalue weighted by atomic mass is 10.3. The largest absolute Gasteiger partial charge is 0.303 e. The number of thioether (sulfide) groups is 1. The first-order valence-electron chi connectivity index (χ1n) is 4.43. The number of rotatable bonds is 4. The van der Waals surface area contributed by atoms with Gasteiger partial charge in [0, 0.05) is 4.90 Å². The molecular formula is C9H8BrCl2NO2S. The van der Waals surface area contributed by atoms with E-state index in [2.05, 4.69) is 15.9 Å². The van der Waals surface area contributed by atoms with Crippen LogP contribution in [-0.4, -0.2) is 10.7 Å². The van der Waals surface area contributed by atoms with Crippen molar-refractivity contribution in [3.63, 3.8) is 0 Å². The molecule has 0 atom stereocenters. The Morgan fingerprint density at radius 3 is 2.62 bits per heavy atom. The zero-order valence-electron chi connectivity index (χ0n) is 8.30. The molecule has 0 N–H and O–H groups in total. The highest BCUT2D eigenvalue weighted by Gasteiger charge is 2.23. The SMILES string of the molecule is CCCSc1c(Cl)cc(Cl)c([N+](=O)[O-])c1Br. The Balaban J connectivity index is 3.27. The molecule has 0 fully saturated rings. The summed E-state index contributed by atoms with van der Waals surface area (Å²) in [7, 11) is 0. The minimum atomic E-state index is -0.515. The Bertz CT molecular complexity index is 428. The maximum atomic E-state index is 10.8. The van der Waals surface area contributed by atoms with E-state index >= 15 is 0 Å². The normalized spacial score (nSPS) is 10.5. The van der Waals surface area contributed by atoms with Crippen LogP contribution >= 0.6 is 50.9 Å². The van der Waals surface area contributed by atoms with Crippen molar-refractivity contribution in [1.29, 1.82) is 0 Å². The van der Waals surface area contributed by atoms with Gasteiger partial charge in [-0.3, -0.25) is 10.1 Å². The van der Waals surface area contributed by atoms with Crippen LogP contribution in [0.25, 0.3) is 0 Å². The zero-order valence-corrected chi connectivity index (χ0v) is 12.2. The van der Waals surface area contributed by atoms with Gasteiger partial charge >= 0.3 is 5.69 Å². The fraction of sp³-hybridized carbons (Fsp3) is 0.333. The topological polar surface area (TPSA) is 43.1 Å². The highest BCUT2D eigenvalue weighted by Crippen LogP contribution is 2.44. The average Bonchev–Trinajstić information content (AvgIpc) is 2.16. The van der Waals surface area contributed by atoms with Gasteiger partial charge in [-0.15, -0.1) is 11.8 Å². The van der Waals surface area contributed by atoms with Gasteiger partial charge in [-0.1, -0.05) is 30.1 Å². The lowest BCUT2D eigenvalue weighted by Crippen LogP contribution is -1.93. The predicted molar refractivity (Wildman–Crippen MR) is 71.8 cm³/mol. The van der Waals surface area contributed by atoms with Gasteiger partial charge in [-0.05, 0) is 34.2 Å². The van der Waals surface area contributed by atoms with E-state index in [1.165, 1.54) is 17.8 Å². The van der Waals surface area contributed by atoms with Gasteiger partial charge in [-0.25, -0.2) is 0 Å². The molecular weight excluding hydrogens is 337 g/mol. The molecule has 0 heterocycles. The highest BCUT2D eigenvalue weighted by molar-refractivity contribution is 9.10. The van der Waals surface area contributed by atoms with E-state index in [1.807, 2.05) is 6.92 Å². The Hall–Kier alpha value is 0.0300. The van der Waals surface area contributed by atoms with Crippen LogP contribution in [0.1, 0.15) is 13.3 Å². The van der Waals surface area contributed by atoms with Crippen LogP contribution in [0.3, 0.4) is 0 Å². The Labute approximate surface area is 116 Å². The van der Waals surface area contributed by atoms with Crippen molar-refractivity contribution in [3.8, 4) is 0 Å². The van der Waals surface area contributed by atoms with E-state index in [0.717, 1.165) is 12.2 Å². The van der Waals surface area contributed by atoms with Gasteiger partial charge in [0.25, 0.3) is 0 Å². The van der Waals surface area contributed by atoms with Crippen molar-refractivity contribution < 1.29 is 4.92 Å². The quantitative estimate of drug-likeness (QED) is 0.430. The fourth-order valence-corrected chi connectivity index (χ4v) is 3.73. The molecule has 0 spiro atoms. The van der Waals surface area contributed by atoms with Gasteiger partial charge < -0.3 is 0 Å². The molecule has 0 aliphatic carbocycles. The molecule has 0 aliphatic heterocycles. The lowest BCUT2D eigenvalue weighted by Gasteiger charge is -2.07. The Morgan fingerprint density at radius 1 is 1.50 bits per heavy atom. The highest BCUT2D eigenvalue weighted by atomic mass is 79.9. The van der Waals surface area contributed by atoms with Gasteiger partial charge in [0.1, 0.15) is 9.50 Å². The van der Waals surface area contributed by atoms with E-state index < -0.39 is 4.92 Å². The molecule has 0 amide bonds. The van der Waals surface area contributed by atoms with Gasteiger partial charge in [-0.2, -0.15) is 0 Å². The number of nitro benzene ring substituents is 1. The molecule has 0 saturated carbocycles. The number of benzene rings is 1. The summed E-state index contributed by atoms with van der Waals surface area (Å²) in [5.74, 6) is 0.844. The smallest absolute Gasteiger partial charge is 0.258 e. The van der Waals surface area contributed by atoms with Crippen LogP contribution in [0.5, 0.6) is 0 Å². The van der Waals surface area contributed by atoms with Gasteiger partial charge in [0.15, 0.2) is 0 Å². The maximum absolute atomic E-state index is 10.8. The summed E-state index contributed by atoms with van der Waals surface area (Å²) >= 11 is 16.4. The molecule has 88 valence electrons. The average molecular weight is 345 g/mol. The van der Waals surface area contributed by atoms with Crippen molar-refractivity contribution in [3.05, 3.63) is 30.7 Å². The molecule has 1 rings (SSSR count). The number of hydrogen-bond acceptors (Lipinski definition) is 3. The minimum absolute atomic E-state index is 0.0442. The summed E-state index contributed by atoms with van der Waals surface area (Å²) < 4.78 is 0.355. The number of nitrogens with zero attached hydrogens (tertiary/aromatic N) is 1. The Kier molecular flexibility index (Phi) is 5.37. The third-order valence-corrected chi connectivity index (χ3v) is 4.79. The Morgan fingerprint density at radius 2 is 2.12 bits per heavy atom. The fourth-order valence-electron chi connectivity index (χ4n) is 1.07. The van der Waals surface area contributed by atoms with E-state index in [1.54, 1.807) is 0 Å². The minimum Gasteiger partial charge on any atom is -0.258 e. The van der Waals surface area contributed by atoms with Crippen molar-refractivity contribution in [2.24, 2.45) is 0 Å². The number of hydrogen-bond donors (Lipinski definition) is 0. The standard InChI is InChI=1S/C9H8BrCl2NO2S/c1-2-3-16-9-6(12)4-5(11)8(7(9)10)13(14)15/h4H,2-3H2,1H3. The van der Waals surface area contributed by atoms with Crippen molar-refractivity contribution >= 4 is 56.6 Å². The van der Waals surface area contributed by atoms with E-state index in [0.29, 0.717) is 14.4 Å². The van der Waals surface area contributed by atoms with E-state index in [4.69, 9.17) is 23.2 Å². The summed E-state index contributed by atoms with van der Waals surface area (Å²) in [5.41, 5.74) is -0.135. The molecule has 7 heteroatoms. The van der Waals surface area contributed by atoms with Crippen LogP contribution < -0.4 is 0 Å². The lowest BCUT2D eigenvalue weighted by molar-refractivity contribution is -0.385. The summed E-state index contributed by atoms with van der Waals surface area (Å²) in [4.78, 5) is 11.0. The molecule has 0 aliphatic rings. The van der Waals surface area contributed by atoms with Crippen LogP contribution in [0.4, 0.5) is 5.69 Å². The van der Waals surface area contributed by atoms with Gasteiger partial charge in [0.2, 0.25) is 0 Å². The number of halogens is 3. The monoisotopic (exact) mass is 343 g/mol. The molecule has 16 heavy (non-hydrogen) atoms. The second-order valence-electron chi connectivity index (χ2n) is 2.94. The van der Waals surface area contributed by atoms with E-state index in [-0.39, 0.29) is 10.7 Å². The summed E-state index contributed by atoms with van der Waals surface area (Å²) in [5, 5.41) is 11.3. The first-order chi connectivity index (χ1) is 7.49. The zero-order chi connectivity index (χ0) is 12.3. The molecule has 0 bridgehead atoms. The summed E-state index contributed by atoms with van der Waals surface area (Å²) in [6.45, 7) is 2.03. The molecule has 0 aromatic heterocycles.